The summed E-state index contributed by atoms with van der Waals surface area (Å²) in [6, 6.07) is 1.15. The smallest absolute Gasteiger partial charge is 0.289 e. The third kappa shape index (κ3) is 1.72. The maximum absolute atomic E-state index is 11.2. The standard InChI is InChI=1S/C9H6Cl2N2O3/c10-5-3-6(13(15)16)8(11)4-1-2-7(14)12-9(4)5/h3H,1-2H2,(H,12,14). The van der Waals surface area contributed by atoms with E-state index in [9.17, 15) is 14.9 Å². The molecule has 0 aromatic heterocycles. The molecule has 0 atom stereocenters. The lowest BCUT2D eigenvalue weighted by Crippen LogP contribution is -2.20. The van der Waals surface area contributed by atoms with Gasteiger partial charge in [0, 0.05) is 18.1 Å². The fourth-order valence-corrected chi connectivity index (χ4v) is 2.18. The molecule has 0 saturated heterocycles. The van der Waals surface area contributed by atoms with Crippen molar-refractivity contribution in [3.63, 3.8) is 0 Å². The van der Waals surface area contributed by atoms with E-state index in [1.165, 1.54) is 0 Å². The summed E-state index contributed by atoms with van der Waals surface area (Å²) in [6.45, 7) is 0. The predicted octanol–water partition coefficient (Wildman–Crippen LogP) is 2.79. The van der Waals surface area contributed by atoms with Crippen molar-refractivity contribution < 1.29 is 9.72 Å². The van der Waals surface area contributed by atoms with Crippen molar-refractivity contribution in [1.29, 1.82) is 0 Å². The second kappa shape index (κ2) is 3.92. The number of amides is 1. The molecule has 0 fully saturated rings. The number of benzene rings is 1. The maximum atomic E-state index is 11.2. The van der Waals surface area contributed by atoms with Gasteiger partial charge in [-0.3, -0.25) is 14.9 Å². The normalized spacial score (nSPS) is 14.2. The molecule has 1 aromatic carbocycles. The van der Waals surface area contributed by atoms with Crippen LogP contribution in [-0.2, 0) is 11.2 Å². The Labute approximate surface area is 100 Å². The maximum Gasteiger partial charge on any atom is 0.289 e. The van der Waals surface area contributed by atoms with Crippen molar-refractivity contribution in [2.45, 2.75) is 12.8 Å². The van der Waals surface area contributed by atoms with E-state index in [2.05, 4.69) is 5.32 Å². The highest BCUT2D eigenvalue weighted by molar-refractivity contribution is 6.38. The van der Waals surface area contributed by atoms with Gasteiger partial charge in [-0.2, -0.15) is 0 Å². The highest BCUT2D eigenvalue weighted by Gasteiger charge is 2.26. The molecule has 0 bridgehead atoms. The minimum Gasteiger partial charge on any atom is -0.324 e. The lowest BCUT2D eigenvalue weighted by Gasteiger charge is -2.18. The zero-order valence-electron chi connectivity index (χ0n) is 7.92. The summed E-state index contributed by atoms with van der Waals surface area (Å²) in [5, 5.41) is 13.4. The van der Waals surface area contributed by atoms with Crippen LogP contribution in [0.4, 0.5) is 11.4 Å². The number of anilines is 1. The van der Waals surface area contributed by atoms with Gasteiger partial charge in [-0.15, -0.1) is 0 Å². The van der Waals surface area contributed by atoms with Gasteiger partial charge in [-0.25, -0.2) is 0 Å². The lowest BCUT2D eigenvalue weighted by molar-refractivity contribution is -0.384. The molecule has 5 nitrogen and oxygen atoms in total. The summed E-state index contributed by atoms with van der Waals surface area (Å²) < 4.78 is 0. The molecule has 0 aliphatic carbocycles. The van der Waals surface area contributed by atoms with Gasteiger partial charge in [0.2, 0.25) is 5.91 Å². The average Bonchev–Trinajstić information content (AvgIpc) is 2.22. The molecule has 1 aromatic rings. The van der Waals surface area contributed by atoms with Crippen LogP contribution in [-0.4, -0.2) is 10.8 Å². The number of nitrogens with one attached hydrogen (secondary N) is 1. The molecule has 1 amide bonds. The Bertz CT molecular complexity index is 502. The Balaban J connectivity index is 2.64. The molecule has 16 heavy (non-hydrogen) atoms. The number of carbonyl (C=O) groups excluding carboxylic acids is 1. The predicted molar refractivity (Wildman–Crippen MR) is 60.1 cm³/mol. The molecular weight excluding hydrogens is 255 g/mol. The second-order valence-corrected chi connectivity index (χ2v) is 4.14. The van der Waals surface area contributed by atoms with Crippen LogP contribution in [0.15, 0.2) is 6.07 Å². The molecule has 0 saturated carbocycles. The van der Waals surface area contributed by atoms with Crippen molar-refractivity contribution >= 4 is 40.5 Å². The van der Waals surface area contributed by atoms with Crippen LogP contribution in [0.25, 0.3) is 0 Å². The number of hydrogen-bond acceptors (Lipinski definition) is 3. The Kier molecular flexibility index (Phi) is 2.73. The van der Waals surface area contributed by atoms with Crippen LogP contribution in [0.2, 0.25) is 10.0 Å². The first-order chi connectivity index (χ1) is 7.50. The van der Waals surface area contributed by atoms with E-state index in [4.69, 9.17) is 23.2 Å². The minimum absolute atomic E-state index is 0.0457. The summed E-state index contributed by atoms with van der Waals surface area (Å²) in [7, 11) is 0. The second-order valence-electron chi connectivity index (χ2n) is 3.35. The molecule has 0 spiro atoms. The third-order valence-corrected chi connectivity index (χ3v) is 3.08. The van der Waals surface area contributed by atoms with E-state index in [0.29, 0.717) is 17.7 Å². The average molecular weight is 261 g/mol. The van der Waals surface area contributed by atoms with Gasteiger partial charge >= 0.3 is 0 Å². The van der Waals surface area contributed by atoms with Crippen LogP contribution in [0, 0.1) is 10.1 Å². The Morgan fingerprint density at radius 1 is 1.38 bits per heavy atom. The quantitative estimate of drug-likeness (QED) is 0.624. The number of nitrogens with zero attached hydrogens (tertiary/aromatic N) is 1. The van der Waals surface area contributed by atoms with Crippen LogP contribution in [0.1, 0.15) is 12.0 Å². The van der Waals surface area contributed by atoms with Gasteiger partial charge < -0.3 is 5.32 Å². The number of hydrogen-bond donors (Lipinski definition) is 1. The summed E-state index contributed by atoms with van der Waals surface area (Å²) in [5.41, 5.74) is 0.676. The third-order valence-electron chi connectivity index (χ3n) is 2.36. The summed E-state index contributed by atoms with van der Waals surface area (Å²) >= 11 is 11.7. The molecule has 0 radical (unpaired) electrons. The van der Waals surface area contributed by atoms with Crippen LogP contribution < -0.4 is 5.32 Å². The van der Waals surface area contributed by atoms with E-state index < -0.39 is 4.92 Å². The summed E-state index contributed by atoms with van der Waals surface area (Å²) in [6.07, 6.45) is 0.617. The molecule has 84 valence electrons. The molecular formula is C9H6Cl2N2O3. The topological polar surface area (TPSA) is 72.2 Å². The van der Waals surface area contributed by atoms with Crippen molar-refractivity contribution in [1.82, 2.24) is 0 Å². The first kappa shape index (κ1) is 11.2. The van der Waals surface area contributed by atoms with E-state index in [0.717, 1.165) is 6.07 Å². The number of fused-ring (bicyclic) bond motifs is 1. The van der Waals surface area contributed by atoms with Crippen molar-refractivity contribution in [2.75, 3.05) is 5.32 Å². The molecule has 2 rings (SSSR count). The van der Waals surface area contributed by atoms with Crippen molar-refractivity contribution in [3.05, 3.63) is 31.8 Å². The van der Waals surface area contributed by atoms with Crippen molar-refractivity contribution in [2.24, 2.45) is 0 Å². The lowest BCUT2D eigenvalue weighted by atomic mass is 10.0. The van der Waals surface area contributed by atoms with Crippen molar-refractivity contribution in [3.8, 4) is 0 Å². The summed E-state index contributed by atoms with van der Waals surface area (Å²) in [4.78, 5) is 21.3. The fraction of sp³-hybridized carbons (Fsp3) is 0.222. The fourth-order valence-electron chi connectivity index (χ4n) is 1.61. The Morgan fingerprint density at radius 2 is 2.06 bits per heavy atom. The molecule has 7 heteroatoms. The number of nitro groups is 1. The number of carbonyl (C=O) groups is 1. The zero-order valence-corrected chi connectivity index (χ0v) is 9.43. The van der Waals surface area contributed by atoms with Crippen LogP contribution >= 0.6 is 23.2 Å². The summed E-state index contributed by atoms with van der Waals surface area (Å²) in [5.74, 6) is -0.167. The van der Waals surface area contributed by atoms with Gasteiger partial charge in [0.05, 0.1) is 15.6 Å². The first-order valence-corrected chi connectivity index (χ1v) is 5.21. The zero-order chi connectivity index (χ0) is 11.9. The molecule has 1 aliphatic heterocycles. The van der Waals surface area contributed by atoms with E-state index in [1.807, 2.05) is 0 Å². The SMILES string of the molecule is O=C1CCc2c(Cl)c([N+](=O)[O-])cc(Cl)c2N1. The Hall–Kier alpha value is -1.33. The van der Waals surface area contributed by atoms with Gasteiger partial charge in [0.25, 0.3) is 5.69 Å². The molecule has 1 aliphatic rings. The minimum atomic E-state index is -0.592. The molecule has 0 unspecified atom stereocenters. The number of nitro benzene ring substituents is 1. The molecule has 1 heterocycles. The van der Waals surface area contributed by atoms with E-state index in [1.54, 1.807) is 0 Å². The Morgan fingerprint density at radius 3 is 2.69 bits per heavy atom. The number of halogens is 2. The highest BCUT2D eigenvalue weighted by atomic mass is 35.5. The van der Waals surface area contributed by atoms with Gasteiger partial charge in [-0.1, -0.05) is 23.2 Å². The van der Waals surface area contributed by atoms with Gasteiger partial charge in [0.15, 0.2) is 0 Å². The molecule has 1 N–H and O–H groups in total. The largest absolute Gasteiger partial charge is 0.324 e. The highest BCUT2D eigenvalue weighted by Crippen LogP contribution is 2.41. The monoisotopic (exact) mass is 260 g/mol. The number of rotatable bonds is 1. The van der Waals surface area contributed by atoms with Gasteiger partial charge in [-0.05, 0) is 6.42 Å². The first-order valence-electron chi connectivity index (χ1n) is 4.46. The van der Waals surface area contributed by atoms with E-state index >= 15 is 0 Å². The van der Waals surface area contributed by atoms with E-state index in [-0.39, 0.29) is 28.1 Å². The van der Waals surface area contributed by atoms with Crippen LogP contribution in [0.5, 0.6) is 0 Å². The van der Waals surface area contributed by atoms with Gasteiger partial charge in [0.1, 0.15) is 5.02 Å². The van der Waals surface area contributed by atoms with Crippen LogP contribution in [0.3, 0.4) is 0 Å².